The van der Waals surface area contributed by atoms with Crippen LogP contribution in [0.2, 0.25) is 0 Å². The fraction of sp³-hybridized carbons (Fsp3) is 0.786. The minimum Gasteiger partial charge on any atom is -0.356 e. The number of carbonyl (C=O) groups is 1. The molecule has 1 saturated heterocycles. The van der Waals surface area contributed by atoms with Crippen molar-refractivity contribution >= 4 is 5.91 Å². The average Bonchev–Trinajstić information content (AvgIpc) is 2.96. The van der Waals surface area contributed by atoms with Gasteiger partial charge < -0.3 is 10.2 Å². The summed E-state index contributed by atoms with van der Waals surface area (Å²) in [4.78, 5) is 14.5. The minimum absolute atomic E-state index is 0.150. The smallest absolute Gasteiger partial charge is 0.224 e. The van der Waals surface area contributed by atoms with Crippen LogP contribution in [0.4, 0.5) is 0 Å². The van der Waals surface area contributed by atoms with Gasteiger partial charge in [-0.25, -0.2) is 0 Å². The van der Waals surface area contributed by atoms with E-state index in [0.717, 1.165) is 38.9 Å². The van der Waals surface area contributed by atoms with Crippen LogP contribution < -0.4 is 5.32 Å². The lowest BCUT2D eigenvalue weighted by Crippen LogP contribution is -2.45. The number of aryl methyl sites for hydroxylation is 1. The van der Waals surface area contributed by atoms with Crippen LogP contribution in [0.5, 0.6) is 0 Å². The maximum atomic E-state index is 12.2. The average molecular weight is 279 g/mol. The zero-order valence-electron chi connectivity index (χ0n) is 12.5. The lowest BCUT2D eigenvalue weighted by atomic mass is 9.96. The zero-order valence-corrected chi connectivity index (χ0v) is 12.5. The van der Waals surface area contributed by atoms with Gasteiger partial charge in [-0.3, -0.25) is 9.48 Å². The molecular formula is C14H25N5O. The van der Waals surface area contributed by atoms with Crippen LogP contribution >= 0.6 is 0 Å². The third kappa shape index (κ3) is 4.30. The molecule has 0 spiro atoms. The van der Waals surface area contributed by atoms with Crippen molar-refractivity contribution in [3.8, 4) is 0 Å². The summed E-state index contributed by atoms with van der Waals surface area (Å²) in [6.07, 6.45) is 6.52. The molecule has 1 amide bonds. The molecule has 6 nitrogen and oxygen atoms in total. The van der Waals surface area contributed by atoms with Crippen LogP contribution in [0.15, 0.2) is 12.4 Å². The Morgan fingerprint density at radius 2 is 2.35 bits per heavy atom. The Hall–Kier alpha value is -1.43. The van der Waals surface area contributed by atoms with Gasteiger partial charge in [-0.15, -0.1) is 5.10 Å². The molecule has 112 valence electrons. The summed E-state index contributed by atoms with van der Waals surface area (Å²) in [6.45, 7) is 7.90. The topological polar surface area (TPSA) is 63.1 Å². The van der Waals surface area contributed by atoms with Crippen molar-refractivity contribution in [2.24, 2.45) is 5.92 Å². The normalized spacial score (nSPS) is 20.2. The Labute approximate surface area is 120 Å². The Kier molecular flexibility index (Phi) is 5.52. The van der Waals surface area contributed by atoms with Crippen molar-refractivity contribution < 1.29 is 4.79 Å². The van der Waals surface area contributed by atoms with Crippen LogP contribution in [-0.4, -0.2) is 51.5 Å². The molecule has 0 radical (unpaired) electrons. The fourth-order valence-electron chi connectivity index (χ4n) is 2.64. The molecule has 1 N–H and O–H groups in total. The third-order valence-corrected chi connectivity index (χ3v) is 3.89. The van der Waals surface area contributed by atoms with E-state index in [0.29, 0.717) is 12.6 Å². The molecular weight excluding hydrogens is 254 g/mol. The number of likely N-dealkylation sites (tertiary alicyclic amines) is 1. The van der Waals surface area contributed by atoms with Gasteiger partial charge in [-0.05, 0) is 39.7 Å². The number of piperidine rings is 1. The van der Waals surface area contributed by atoms with Gasteiger partial charge in [-0.1, -0.05) is 5.21 Å². The number of rotatable bonds is 6. The number of hydrogen-bond donors (Lipinski definition) is 1. The molecule has 6 heteroatoms. The van der Waals surface area contributed by atoms with Gasteiger partial charge in [0, 0.05) is 31.9 Å². The summed E-state index contributed by atoms with van der Waals surface area (Å²) >= 11 is 0. The van der Waals surface area contributed by atoms with Crippen LogP contribution in [0.1, 0.15) is 33.1 Å². The minimum atomic E-state index is 0.150. The van der Waals surface area contributed by atoms with Gasteiger partial charge in [0.15, 0.2) is 0 Å². The molecule has 20 heavy (non-hydrogen) atoms. The molecule has 1 atom stereocenters. The van der Waals surface area contributed by atoms with Crippen LogP contribution in [-0.2, 0) is 11.3 Å². The molecule has 1 fully saturated rings. The lowest BCUT2D eigenvalue weighted by molar-refractivity contribution is -0.126. The summed E-state index contributed by atoms with van der Waals surface area (Å²) in [5.74, 6) is 0.353. The van der Waals surface area contributed by atoms with E-state index in [1.807, 2.05) is 6.20 Å². The quantitative estimate of drug-likeness (QED) is 0.786. The molecule has 0 aromatic carbocycles. The van der Waals surface area contributed by atoms with Gasteiger partial charge in [0.25, 0.3) is 0 Å². The van der Waals surface area contributed by atoms with Crippen molar-refractivity contribution in [1.29, 1.82) is 0 Å². The number of aromatic nitrogens is 3. The Bertz CT molecular complexity index is 404. The van der Waals surface area contributed by atoms with E-state index in [2.05, 4.69) is 34.4 Å². The van der Waals surface area contributed by atoms with Crippen molar-refractivity contribution in [3.63, 3.8) is 0 Å². The Balaban J connectivity index is 1.66. The lowest BCUT2D eigenvalue weighted by Gasteiger charge is -2.34. The fourth-order valence-corrected chi connectivity index (χ4v) is 2.64. The second-order valence-electron chi connectivity index (χ2n) is 5.74. The van der Waals surface area contributed by atoms with Crippen molar-refractivity contribution in [2.75, 3.05) is 19.6 Å². The van der Waals surface area contributed by atoms with Gasteiger partial charge in [-0.2, -0.15) is 0 Å². The SMILES string of the molecule is CC(C)N1CCCC(C(=O)NCCCn2ccnn2)C1. The van der Waals surface area contributed by atoms with E-state index in [4.69, 9.17) is 0 Å². The van der Waals surface area contributed by atoms with Crippen molar-refractivity contribution in [2.45, 2.75) is 45.7 Å². The molecule has 2 heterocycles. The monoisotopic (exact) mass is 279 g/mol. The van der Waals surface area contributed by atoms with Crippen LogP contribution in [0.25, 0.3) is 0 Å². The highest BCUT2D eigenvalue weighted by molar-refractivity contribution is 5.78. The van der Waals surface area contributed by atoms with Gasteiger partial charge in [0.1, 0.15) is 0 Å². The predicted octanol–water partition coefficient (Wildman–Crippen LogP) is 0.905. The van der Waals surface area contributed by atoms with Gasteiger partial charge in [0.2, 0.25) is 5.91 Å². The molecule has 0 aliphatic carbocycles. The van der Waals surface area contributed by atoms with Crippen molar-refractivity contribution in [3.05, 3.63) is 12.4 Å². The second kappa shape index (κ2) is 7.38. The third-order valence-electron chi connectivity index (χ3n) is 3.89. The highest BCUT2D eigenvalue weighted by Crippen LogP contribution is 2.18. The van der Waals surface area contributed by atoms with E-state index in [1.165, 1.54) is 0 Å². The largest absolute Gasteiger partial charge is 0.356 e. The molecule has 1 aliphatic heterocycles. The first kappa shape index (κ1) is 15.0. The second-order valence-corrected chi connectivity index (χ2v) is 5.74. The van der Waals surface area contributed by atoms with E-state index in [-0.39, 0.29) is 11.8 Å². The summed E-state index contributed by atoms with van der Waals surface area (Å²) < 4.78 is 1.78. The maximum absolute atomic E-state index is 12.2. The number of carbonyl (C=O) groups excluding carboxylic acids is 1. The molecule has 1 aromatic rings. The standard InChI is InChI=1S/C14H25N5O/c1-12(2)18-8-3-5-13(11-18)14(20)15-6-4-9-19-10-7-16-17-19/h7,10,12-13H,3-6,8-9,11H2,1-2H3,(H,15,20). The highest BCUT2D eigenvalue weighted by atomic mass is 16.1. The predicted molar refractivity (Wildman–Crippen MR) is 77.1 cm³/mol. The number of nitrogens with one attached hydrogen (secondary N) is 1. The summed E-state index contributed by atoms with van der Waals surface area (Å²) in [5.41, 5.74) is 0. The first-order chi connectivity index (χ1) is 9.66. The summed E-state index contributed by atoms with van der Waals surface area (Å²) in [5, 5.41) is 10.7. The van der Waals surface area contributed by atoms with Gasteiger partial charge in [0.05, 0.1) is 12.1 Å². The molecule has 1 unspecified atom stereocenters. The molecule has 0 saturated carbocycles. The molecule has 0 bridgehead atoms. The van der Waals surface area contributed by atoms with Crippen LogP contribution in [0.3, 0.4) is 0 Å². The highest BCUT2D eigenvalue weighted by Gasteiger charge is 2.26. The van der Waals surface area contributed by atoms with Gasteiger partial charge >= 0.3 is 0 Å². The number of hydrogen-bond acceptors (Lipinski definition) is 4. The van der Waals surface area contributed by atoms with E-state index < -0.39 is 0 Å². The van der Waals surface area contributed by atoms with Crippen molar-refractivity contribution in [1.82, 2.24) is 25.2 Å². The first-order valence-corrected chi connectivity index (χ1v) is 7.52. The first-order valence-electron chi connectivity index (χ1n) is 7.52. The zero-order chi connectivity index (χ0) is 14.4. The maximum Gasteiger partial charge on any atom is 0.224 e. The van der Waals surface area contributed by atoms with E-state index >= 15 is 0 Å². The number of nitrogens with zero attached hydrogens (tertiary/aromatic N) is 4. The summed E-state index contributed by atoms with van der Waals surface area (Å²) in [6, 6.07) is 0.526. The molecule has 2 rings (SSSR count). The van der Waals surface area contributed by atoms with E-state index in [9.17, 15) is 4.79 Å². The molecule has 1 aromatic heterocycles. The van der Waals surface area contributed by atoms with Crippen LogP contribution in [0, 0.1) is 5.92 Å². The molecule has 1 aliphatic rings. The Morgan fingerprint density at radius 1 is 1.50 bits per heavy atom. The summed E-state index contributed by atoms with van der Waals surface area (Å²) in [7, 11) is 0. The number of amides is 1. The Morgan fingerprint density at radius 3 is 3.05 bits per heavy atom. The van der Waals surface area contributed by atoms with E-state index in [1.54, 1.807) is 10.9 Å².